The lowest BCUT2D eigenvalue weighted by Crippen LogP contribution is -2.48. The van der Waals surface area contributed by atoms with E-state index in [9.17, 15) is 14.9 Å². The Balaban J connectivity index is 1.10. The summed E-state index contributed by atoms with van der Waals surface area (Å²) >= 11 is 0. The summed E-state index contributed by atoms with van der Waals surface area (Å²) in [5.74, 6) is 0.396. The maximum atomic E-state index is 12.6. The molecule has 0 bridgehead atoms. The van der Waals surface area contributed by atoms with E-state index in [-0.39, 0.29) is 30.1 Å². The van der Waals surface area contributed by atoms with Gasteiger partial charge in [-0.15, -0.1) is 0 Å². The van der Waals surface area contributed by atoms with Gasteiger partial charge in [0.15, 0.2) is 5.89 Å². The van der Waals surface area contributed by atoms with Crippen LogP contribution in [0, 0.1) is 11.3 Å². The third-order valence-electron chi connectivity index (χ3n) is 7.61. The predicted molar refractivity (Wildman–Crippen MR) is 150 cm³/mol. The van der Waals surface area contributed by atoms with Crippen molar-refractivity contribution in [1.82, 2.24) is 14.8 Å². The highest BCUT2D eigenvalue weighted by Gasteiger charge is 2.35. The second-order valence-corrected chi connectivity index (χ2v) is 10.0. The summed E-state index contributed by atoms with van der Waals surface area (Å²) in [4.78, 5) is 35.5. The number of rotatable bonds is 8. The van der Waals surface area contributed by atoms with Gasteiger partial charge in [-0.05, 0) is 29.7 Å². The van der Waals surface area contributed by atoms with E-state index in [0.717, 1.165) is 13.1 Å². The number of fused-ring (bicyclic) bond motifs is 1. The quantitative estimate of drug-likeness (QED) is 0.305. The molecular weight excluding hydrogens is 502 g/mol. The summed E-state index contributed by atoms with van der Waals surface area (Å²) in [6.07, 6.45) is 0.923. The summed E-state index contributed by atoms with van der Waals surface area (Å²) in [6.45, 7) is 3.28. The Morgan fingerprint density at radius 1 is 0.800 bits per heavy atom. The Morgan fingerprint density at radius 3 is 1.90 bits per heavy atom. The van der Waals surface area contributed by atoms with Crippen molar-refractivity contribution in [3.63, 3.8) is 0 Å². The van der Waals surface area contributed by atoms with Gasteiger partial charge in [0.2, 0.25) is 11.6 Å². The van der Waals surface area contributed by atoms with Crippen molar-refractivity contribution in [2.45, 2.75) is 18.9 Å². The topological polar surface area (TPSA) is 93.7 Å². The molecule has 0 aliphatic carbocycles. The van der Waals surface area contributed by atoms with E-state index in [1.807, 2.05) is 12.1 Å². The van der Waals surface area contributed by atoms with E-state index < -0.39 is 0 Å². The second kappa shape index (κ2) is 11.2. The summed E-state index contributed by atoms with van der Waals surface area (Å²) in [6, 6.07) is 30.2. The number of hydrogen-bond donors (Lipinski definition) is 0. The van der Waals surface area contributed by atoms with Gasteiger partial charge in [-0.1, -0.05) is 72.8 Å². The van der Waals surface area contributed by atoms with Crippen molar-refractivity contribution in [2.75, 3.05) is 37.6 Å². The van der Waals surface area contributed by atoms with Crippen LogP contribution in [0.1, 0.15) is 55.9 Å². The fraction of sp³-hybridized carbons (Fsp3) is 0.250. The zero-order valence-corrected chi connectivity index (χ0v) is 22.1. The summed E-state index contributed by atoms with van der Waals surface area (Å²) in [5.41, 5.74) is 3.66. The summed E-state index contributed by atoms with van der Waals surface area (Å²) in [7, 11) is 0. The molecule has 8 heteroatoms. The van der Waals surface area contributed by atoms with Gasteiger partial charge in [0.05, 0.1) is 17.2 Å². The van der Waals surface area contributed by atoms with Gasteiger partial charge >= 0.3 is 0 Å². The average molecular weight is 532 g/mol. The van der Waals surface area contributed by atoms with Gasteiger partial charge in [0.1, 0.15) is 6.07 Å². The third-order valence-corrected chi connectivity index (χ3v) is 7.61. The Labute approximate surface area is 233 Å². The lowest BCUT2D eigenvalue weighted by atomic mass is 9.96. The normalized spacial score (nSPS) is 15.5. The molecule has 3 heterocycles. The fourth-order valence-corrected chi connectivity index (χ4v) is 5.65. The number of benzene rings is 3. The number of aryl methyl sites for hydroxylation is 1. The lowest BCUT2D eigenvalue weighted by molar-refractivity contribution is 0.0651. The zero-order valence-electron chi connectivity index (χ0n) is 22.1. The third kappa shape index (κ3) is 4.88. The van der Waals surface area contributed by atoms with E-state index in [2.05, 4.69) is 69.4 Å². The minimum Gasteiger partial charge on any atom is -0.424 e. The number of aromatic nitrogens is 1. The van der Waals surface area contributed by atoms with Crippen molar-refractivity contribution < 1.29 is 14.0 Å². The molecule has 1 aromatic heterocycles. The van der Waals surface area contributed by atoms with Crippen molar-refractivity contribution in [3.8, 4) is 6.07 Å². The van der Waals surface area contributed by atoms with Crippen molar-refractivity contribution in [2.24, 2.45) is 0 Å². The maximum Gasteiger partial charge on any atom is 0.261 e. The monoisotopic (exact) mass is 531 g/mol. The molecule has 0 unspecified atom stereocenters. The molecule has 1 saturated heterocycles. The number of hydrogen-bond acceptors (Lipinski definition) is 7. The minimum atomic E-state index is -0.270. The van der Waals surface area contributed by atoms with Crippen molar-refractivity contribution >= 4 is 17.7 Å². The van der Waals surface area contributed by atoms with E-state index in [4.69, 9.17) is 4.42 Å². The number of amides is 2. The summed E-state index contributed by atoms with van der Waals surface area (Å²) in [5, 5.41) is 9.76. The molecular formula is C32H29N5O3. The second-order valence-electron chi connectivity index (χ2n) is 10.0. The number of imide groups is 1. The van der Waals surface area contributed by atoms with Gasteiger partial charge in [0.25, 0.3) is 11.8 Å². The van der Waals surface area contributed by atoms with Crippen LogP contribution >= 0.6 is 0 Å². The minimum absolute atomic E-state index is 0.146. The molecule has 0 radical (unpaired) electrons. The molecule has 200 valence electrons. The van der Waals surface area contributed by atoms with Gasteiger partial charge in [-0.25, -0.2) is 4.98 Å². The molecule has 0 saturated carbocycles. The van der Waals surface area contributed by atoms with Crippen molar-refractivity contribution in [3.05, 3.63) is 119 Å². The number of carbonyl (C=O) groups excluding carboxylic acids is 2. The highest BCUT2D eigenvalue weighted by atomic mass is 16.4. The molecule has 40 heavy (non-hydrogen) atoms. The Bertz CT molecular complexity index is 1480. The highest BCUT2D eigenvalue weighted by Crippen LogP contribution is 2.31. The molecule has 1 fully saturated rings. The molecule has 4 aromatic rings. The number of piperazine rings is 1. The highest BCUT2D eigenvalue weighted by molar-refractivity contribution is 6.21. The fourth-order valence-electron chi connectivity index (χ4n) is 5.65. The van der Waals surface area contributed by atoms with E-state index in [0.29, 0.717) is 48.8 Å². The Morgan fingerprint density at radius 2 is 1.35 bits per heavy atom. The zero-order chi connectivity index (χ0) is 27.5. The van der Waals surface area contributed by atoms with Crippen molar-refractivity contribution in [1.29, 1.82) is 5.26 Å². The predicted octanol–water partition coefficient (Wildman–Crippen LogP) is 4.69. The van der Waals surface area contributed by atoms with E-state index >= 15 is 0 Å². The van der Waals surface area contributed by atoms with Crippen LogP contribution in [-0.2, 0) is 6.42 Å². The molecule has 2 amide bonds. The van der Waals surface area contributed by atoms with Gasteiger partial charge in [0, 0.05) is 39.1 Å². The molecule has 0 atom stereocenters. The number of oxazole rings is 1. The van der Waals surface area contributed by atoms with Crippen LogP contribution in [0.3, 0.4) is 0 Å². The van der Waals surface area contributed by atoms with Crippen LogP contribution in [0.5, 0.6) is 0 Å². The number of carbonyl (C=O) groups is 2. The Kier molecular flexibility index (Phi) is 7.13. The molecule has 2 aliphatic rings. The first-order chi connectivity index (χ1) is 19.6. The van der Waals surface area contributed by atoms with Gasteiger partial charge in [-0.2, -0.15) is 5.26 Å². The van der Waals surface area contributed by atoms with Crippen LogP contribution < -0.4 is 4.90 Å². The van der Waals surface area contributed by atoms with Crippen LogP contribution in [0.25, 0.3) is 0 Å². The van der Waals surface area contributed by atoms with Crippen LogP contribution in [-0.4, -0.2) is 59.3 Å². The molecule has 3 aromatic carbocycles. The lowest BCUT2D eigenvalue weighted by Gasteiger charge is -2.39. The van der Waals surface area contributed by atoms with Gasteiger partial charge in [-0.3, -0.25) is 19.4 Å². The van der Waals surface area contributed by atoms with Crippen LogP contribution in [0.2, 0.25) is 0 Å². The molecule has 2 aliphatic heterocycles. The molecule has 0 N–H and O–H groups in total. The molecule has 0 spiro atoms. The van der Waals surface area contributed by atoms with Gasteiger partial charge < -0.3 is 9.32 Å². The number of nitrogens with zero attached hydrogens (tertiary/aromatic N) is 5. The maximum absolute atomic E-state index is 12.6. The first-order valence-corrected chi connectivity index (χ1v) is 13.6. The smallest absolute Gasteiger partial charge is 0.261 e. The van der Waals surface area contributed by atoms with Crippen LogP contribution in [0.4, 0.5) is 5.88 Å². The largest absolute Gasteiger partial charge is 0.424 e. The first-order valence-electron chi connectivity index (χ1n) is 13.6. The number of nitriles is 1. The average Bonchev–Trinajstić information content (AvgIpc) is 3.53. The summed E-state index contributed by atoms with van der Waals surface area (Å²) < 4.78 is 6.08. The van der Waals surface area contributed by atoms with E-state index in [1.54, 1.807) is 24.3 Å². The van der Waals surface area contributed by atoms with Crippen LogP contribution in [0.15, 0.2) is 89.3 Å². The Hall–Kier alpha value is -4.74. The molecule has 8 nitrogen and oxygen atoms in total. The van der Waals surface area contributed by atoms with E-state index in [1.165, 1.54) is 16.0 Å². The SMILES string of the molecule is N#Cc1nc(CCCN2C(=O)c3ccccc3C2=O)oc1N1CCN(C(c2ccccc2)c2ccccc2)CC1. The first kappa shape index (κ1) is 25.5. The standard InChI is InChI=1S/C32H29N5O3/c33-22-27-32(40-28(34-27)16-9-17-37-30(38)25-14-7-8-15-26(25)31(37)39)36-20-18-35(19-21-36)29(23-10-3-1-4-11-23)24-12-5-2-6-13-24/h1-8,10-15,29H,9,16-21H2. The molecule has 6 rings (SSSR count). The number of anilines is 1.